The highest BCUT2D eigenvalue weighted by Crippen LogP contribution is 2.23. The third kappa shape index (κ3) is 7.18. The van der Waals surface area contributed by atoms with Gasteiger partial charge >= 0.3 is 0 Å². The molecular weight excluding hydrogens is 492 g/mol. The Morgan fingerprint density at radius 2 is 1.52 bits per heavy atom. The summed E-state index contributed by atoms with van der Waals surface area (Å²) in [4.78, 5) is 29.9. The third-order valence-electron chi connectivity index (χ3n) is 8.15. The standard InChI is InChI=1S/C36H40N2O2/c1-27-12-10-15-29(24-27)26-38(35(39)23-22-31-18-11-17-30-16-8-9-21-33(30)31)34(25-28-13-4-2-5-14-28)36(40)37-32-19-6-3-7-20-32/h2,4-5,8-18,21,24,32,34H,3,6-7,19-20,22-23,25-26H2,1H3,(H,37,40)/t34-/m0/s1. The van der Waals surface area contributed by atoms with Crippen molar-refractivity contribution in [3.05, 3.63) is 119 Å². The predicted molar refractivity (Wildman–Crippen MR) is 163 cm³/mol. The number of benzene rings is 4. The van der Waals surface area contributed by atoms with Crippen LogP contribution in [0.25, 0.3) is 10.8 Å². The Bertz CT molecular complexity index is 1420. The molecule has 4 aromatic carbocycles. The van der Waals surface area contributed by atoms with E-state index in [0.717, 1.165) is 47.9 Å². The molecule has 206 valence electrons. The number of rotatable bonds is 10. The second-order valence-corrected chi connectivity index (χ2v) is 11.2. The first-order valence-corrected chi connectivity index (χ1v) is 14.7. The van der Waals surface area contributed by atoms with E-state index in [2.05, 4.69) is 60.8 Å². The van der Waals surface area contributed by atoms with Gasteiger partial charge in [0.1, 0.15) is 6.04 Å². The van der Waals surface area contributed by atoms with E-state index in [0.29, 0.717) is 25.8 Å². The summed E-state index contributed by atoms with van der Waals surface area (Å²) in [5, 5.41) is 5.70. The summed E-state index contributed by atoms with van der Waals surface area (Å²) in [5.74, 6) is -0.0314. The quantitative estimate of drug-likeness (QED) is 0.235. The van der Waals surface area contributed by atoms with Crippen molar-refractivity contribution in [2.45, 2.75) is 76.9 Å². The minimum atomic E-state index is -0.579. The highest BCUT2D eigenvalue weighted by atomic mass is 16.2. The van der Waals surface area contributed by atoms with Crippen LogP contribution in [0.3, 0.4) is 0 Å². The summed E-state index contributed by atoms with van der Waals surface area (Å²) in [6.07, 6.45) is 7.01. The first-order valence-electron chi connectivity index (χ1n) is 14.7. The zero-order chi connectivity index (χ0) is 27.7. The molecule has 4 aromatic rings. The second kappa shape index (κ2) is 13.4. The maximum absolute atomic E-state index is 14.1. The molecule has 0 aromatic heterocycles. The lowest BCUT2D eigenvalue weighted by Crippen LogP contribution is -2.52. The van der Waals surface area contributed by atoms with E-state index in [4.69, 9.17) is 0 Å². The van der Waals surface area contributed by atoms with Gasteiger partial charge in [0.2, 0.25) is 11.8 Å². The number of hydrogen-bond donors (Lipinski definition) is 1. The minimum absolute atomic E-state index is 0.00849. The van der Waals surface area contributed by atoms with Crippen LogP contribution in [0.2, 0.25) is 0 Å². The van der Waals surface area contributed by atoms with Crippen LogP contribution in [-0.2, 0) is 29.0 Å². The molecule has 1 fully saturated rings. The molecule has 1 N–H and O–H groups in total. The molecule has 0 unspecified atom stereocenters. The third-order valence-corrected chi connectivity index (χ3v) is 8.15. The fourth-order valence-corrected chi connectivity index (χ4v) is 6.00. The van der Waals surface area contributed by atoms with Gasteiger partial charge in [0, 0.05) is 25.4 Å². The van der Waals surface area contributed by atoms with Gasteiger partial charge in [0.05, 0.1) is 0 Å². The van der Waals surface area contributed by atoms with Crippen molar-refractivity contribution in [3.8, 4) is 0 Å². The SMILES string of the molecule is Cc1cccc(CN(C(=O)CCc2cccc3ccccc23)[C@@H](Cc2ccccc2)C(=O)NC2CCCCC2)c1. The van der Waals surface area contributed by atoms with Gasteiger partial charge in [0.15, 0.2) is 0 Å². The molecule has 1 aliphatic rings. The Morgan fingerprint density at radius 3 is 2.33 bits per heavy atom. The molecule has 0 bridgehead atoms. The lowest BCUT2D eigenvalue weighted by atomic mass is 9.94. The number of fused-ring (bicyclic) bond motifs is 1. The summed E-state index contributed by atoms with van der Waals surface area (Å²) in [6.45, 7) is 2.47. The van der Waals surface area contributed by atoms with Gasteiger partial charge in [-0.2, -0.15) is 0 Å². The fourth-order valence-electron chi connectivity index (χ4n) is 6.00. The van der Waals surface area contributed by atoms with E-state index in [1.807, 2.05) is 53.4 Å². The Kier molecular flexibility index (Phi) is 9.28. The minimum Gasteiger partial charge on any atom is -0.352 e. The number of aryl methyl sites for hydroxylation is 2. The van der Waals surface area contributed by atoms with Crippen molar-refractivity contribution in [1.82, 2.24) is 10.2 Å². The zero-order valence-electron chi connectivity index (χ0n) is 23.5. The smallest absolute Gasteiger partial charge is 0.243 e. The van der Waals surface area contributed by atoms with Gasteiger partial charge in [-0.15, -0.1) is 0 Å². The molecule has 0 spiro atoms. The molecule has 4 heteroatoms. The lowest BCUT2D eigenvalue weighted by Gasteiger charge is -2.33. The van der Waals surface area contributed by atoms with E-state index in [1.54, 1.807) is 0 Å². The number of nitrogens with one attached hydrogen (secondary N) is 1. The molecule has 0 radical (unpaired) electrons. The van der Waals surface area contributed by atoms with Crippen LogP contribution in [-0.4, -0.2) is 28.8 Å². The van der Waals surface area contributed by atoms with Gasteiger partial charge in [-0.3, -0.25) is 9.59 Å². The number of hydrogen-bond acceptors (Lipinski definition) is 2. The maximum atomic E-state index is 14.1. The van der Waals surface area contributed by atoms with Gasteiger partial charge in [-0.1, -0.05) is 122 Å². The number of nitrogens with zero attached hydrogens (tertiary/aromatic N) is 1. The van der Waals surface area contributed by atoms with Crippen molar-refractivity contribution in [1.29, 1.82) is 0 Å². The molecule has 4 nitrogen and oxygen atoms in total. The van der Waals surface area contributed by atoms with Gasteiger partial charge in [0.25, 0.3) is 0 Å². The van der Waals surface area contributed by atoms with Crippen LogP contribution in [0, 0.1) is 6.92 Å². The predicted octanol–water partition coefficient (Wildman–Crippen LogP) is 7.17. The Balaban J connectivity index is 1.43. The van der Waals surface area contributed by atoms with Crippen molar-refractivity contribution in [2.24, 2.45) is 0 Å². The summed E-state index contributed by atoms with van der Waals surface area (Å²) in [5.41, 5.74) is 4.41. The van der Waals surface area contributed by atoms with Crippen LogP contribution < -0.4 is 5.32 Å². The maximum Gasteiger partial charge on any atom is 0.243 e. The van der Waals surface area contributed by atoms with Gasteiger partial charge in [-0.05, 0) is 53.6 Å². The topological polar surface area (TPSA) is 49.4 Å². The van der Waals surface area contributed by atoms with Crippen LogP contribution in [0.1, 0.15) is 60.8 Å². The van der Waals surface area contributed by atoms with Crippen LogP contribution in [0.15, 0.2) is 97.1 Å². The van der Waals surface area contributed by atoms with E-state index >= 15 is 0 Å². The Labute approximate surface area is 238 Å². The molecule has 1 atom stereocenters. The largest absolute Gasteiger partial charge is 0.352 e. The summed E-state index contributed by atoms with van der Waals surface area (Å²) in [7, 11) is 0. The van der Waals surface area contributed by atoms with Crippen molar-refractivity contribution in [2.75, 3.05) is 0 Å². The molecule has 0 heterocycles. The van der Waals surface area contributed by atoms with Crippen molar-refractivity contribution in [3.63, 3.8) is 0 Å². The average Bonchev–Trinajstić information content (AvgIpc) is 2.98. The summed E-state index contributed by atoms with van der Waals surface area (Å²) in [6, 6.07) is 32.5. The first-order chi connectivity index (χ1) is 19.6. The number of amides is 2. The fraction of sp³-hybridized carbons (Fsp3) is 0.333. The zero-order valence-corrected chi connectivity index (χ0v) is 23.5. The van der Waals surface area contributed by atoms with Crippen molar-refractivity contribution < 1.29 is 9.59 Å². The number of carbonyl (C=O) groups excluding carboxylic acids is 2. The molecule has 2 amide bonds. The summed E-state index contributed by atoms with van der Waals surface area (Å²) < 4.78 is 0. The number of carbonyl (C=O) groups is 2. The molecular formula is C36H40N2O2. The van der Waals surface area contributed by atoms with Gasteiger partial charge in [-0.25, -0.2) is 0 Å². The molecule has 0 saturated heterocycles. The van der Waals surface area contributed by atoms with E-state index in [1.165, 1.54) is 17.2 Å². The normalized spacial score (nSPS) is 14.5. The van der Waals surface area contributed by atoms with Gasteiger partial charge < -0.3 is 10.2 Å². The molecule has 1 aliphatic carbocycles. The summed E-state index contributed by atoms with van der Waals surface area (Å²) >= 11 is 0. The first kappa shape index (κ1) is 27.6. The Morgan fingerprint density at radius 1 is 0.825 bits per heavy atom. The highest BCUT2D eigenvalue weighted by Gasteiger charge is 2.31. The Hall–Kier alpha value is -3.92. The van der Waals surface area contributed by atoms with E-state index in [-0.39, 0.29) is 17.9 Å². The van der Waals surface area contributed by atoms with Crippen LogP contribution >= 0.6 is 0 Å². The highest BCUT2D eigenvalue weighted by molar-refractivity contribution is 5.89. The van der Waals surface area contributed by atoms with E-state index < -0.39 is 6.04 Å². The lowest BCUT2D eigenvalue weighted by molar-refractivity contribution is -0.141. The molecule has 40 heavy (non-hydrogen) atoms. The second-order valence-electron chi connectivity index (χ2n) is 11.2. The van der Waals surface area contributed by atoms with Crippen LogP contribution in [0.5, 0.6) is 0 Å². The molecule has 1 saturated carbocycles. The molecule has 0 aliphatic heterocycles. The molecule has 5 rings (SSSR count). The van der Waals surface area contributed by atoms with Crippen LogP contribution in [0.4, 0.5) is 0 Å². The monoisotopic (exact) mass is 532 g/mol. The van der Waals surface area contributed by atoms with Crippen molar-refractivity contribution >= 4 is 22.6 Å². The average molecular weight is 533 g/mol. The van der Waals surface area contributed by atoms with E-state index in [9.17, 15) is 9.59 Å².